The molecule has 1 aliphatic carbocycles. The molecule has 102 valence electrons. The molecule has 0 aliphatic heterocycles. The minimum atomic E-state index is -0.833. The van der Waals surface area contributed by atoms with Crippen LogP contribution in [0.4, 0.5) is 0 Å². The summed E-state index contributed by atoms with van der Waals surface area (Å²) in [5.41, 5.74) is 0. The average molecular weight is 244 g/mol. The van der Waals surface area contributed by atoms with Crippen LogP contribution in [0.5, 0.6) is 0 Å². The second kappa shape index (κ2) is 11.9. The fraction of sp³-hybridized carbons (Fsp3) is 0.929. The molecule has 1 aliphatic rings. The van der Waals surface area contributed by atoms with Crippen molar-refractivity contribution in [3.63, 3.8) is 0 Å². The Morgan fingerprint density at radius 1 is 0.824 bits per heavy atom. The van der Waals surface area contributed by atoms with Crippen molar-refractivity contribution in [1.82, 2.24) is 0 Å². The average Bonchev–Trinajstić information content (AvgIpc) is 2.22. The molecule has 0 aromatic rings. The van der Waals surface area contributed by atoms with E-state index >= 15 is 0 Å². The van der Waals surface area contributed by atoms with E-state index < -0.39 is 5.97 Å². The Morgan fingerprint density at radius 2 is 1.06 bits per heavy atom. The third-order valence-electron chi connectivity index (χ3n) is 3.07. The number of aliphatic hydroxyl groups is 1. The van der Waals surface area contributed by atoms with Gasteiger partial charge in [-0.2, -0.15) is 0 Å². The number of carboxylic acids is 1. The number of carboxylic acid groups (broad SMARTS) is 1. The number of aliphatic hydroxyl groups excluding tert-OH is 1. The third kappa shape index (κ3) is 15.4. The molecule has 0 bridgehead atoms. The highest BCUT2D eigenvalue weighted by molar-refractivity contribution is 5.62. The van der Waals surface area contributed by atoms with Crippen LogP contribution in [0.2, 0.25) is 0 Å². The van der Waals surface area contributed by atoms with E-state index in [-0.39, 0.29) is 6.10 Å². The molecule has 0 radical (unpaired) electrons. The Kier molecular flexibility index (Phi) is 11.5. The van der Waals surface area contributed by atoms with Crippen LogP contribution in [0.1, 0.15) is 77.6 Å². The van der Waals surface area contributed by atoms with E-state index in [9.17, 15) is 5.11 Å². The molecule has 0 atom stereocenters. The summed E-state index contributed by atoms with van der Waals surface area (Å²) in [5, 5.41) is 17.0. The van der Waals surface area contributed by atoms with E-state index in [0.717, 1.165) is 19.8 Å². The molecular formula is C14H28O3. The molecule has 0 aromatic carbocycles. The highest BCUT2D eigenvalue weighted by atomic mass is 16.4. The number of hydrogen-bond acceptors (Lipinski definition) is 2. The van der Waals surface area contributed by atoms with Gasteiger partial charge in [0, 0.05) is 6.92 Å². The van der Waals surface area contributed by atoms with Gasteiger partial charge in [0.25, 0.3) is 5.97 Å². The number of rotatable bonds is 0. The molecule has 0 aromatic heterocycles. The van der Waals surface area contributed by atoms with Gasteiger partial charge in [-0.05, 0) is 12.8 Å². The molecule has 0 spiro atoms. The van der Waals surface area contributed by atoms with Gasteiger partial charge >= 0.3 is 0 Å². The predicted molar refractivity (Wildman–Crippen MR) is 70.1 cm³/mol. The molecule has 1 rings (SSSR count). The summed E-state index contributed by atoms with van der Waals surface area (Å²) in [6.45, 7) is 1.08. The van der Waals surface area contributed by atoms with Crippen LogP contribution in [-0.2, 0) is 4.79 Å². The van der Waals surface area contributed by atoms with E-state index in [1.54, 1.807) is 0 Å². The van der Waals surface area contributed by atoms with Crippen LogP contribution in [-0.4, -0.2) is 22.3 Å². The molecular weight excluding hydrogens is 216 g/mol. The summed E-state index contributed by atoms with van der Waals surface area (Å²) in [4.78, 5) is 9.00. The molecule has 0 amide bonds. The number of aliphatic carboxylic acids is 1. The minimum Gasteiger partial charge on any atom is -0.481 e. The molecule has 0 unspecified atom stereocenters. The zero-order valence-electron chi connectivity index (χ0n) is 11.2. The quantitative estimate of drug-likeness (QED) is 0.682. The lowest BCUT2D eigenvalue weighted by Gasteiger charge is -2.11. The van der Waals surface area contributed by atoms with E-state index in [1.807, 2.05) is 0 Å². The second-order valence-corrected chi connectivity index (χ2v) is 4.93. The highest BCUT2D eigenvalue weighted by Crippen LogP contribution is 2.16. The van der Waals surface area contributed by atoms with Gasteiger partial charge in [-0.15, -0.1) is 0 Å². The predicted octanol–water partition coefficient (Wildman–Crippen LogP) is 3.74. The summed E-state index contributed by atoms with van der Waals surface area (Å²) >= 11 is 0. The molecule has 3 nitrogen and oxygen atoms in total. The van der Waals surface area contributed by atoms with Gasteiger partial charge < -0.3 is 10.2 Å². The first kappa shape index (κ1) is 16.4. The van der Waals surface area contributed by atoms with Gasteiger partial charge in [0.05, 0.1) is 6.10 Å². The largest absolute Gasteiger partial charge is 0.481 e. The van der Waals surface area contributed by atoms with Crippen LogP contribution in [0.3, 0.4) is 0 Å². The summed E-state index contributed by atoms with van der Waals surface area (Å²) in [6, 6.07) is 0. The van der Waals surface area contributed by atoms with Crippen LogP contribution in [0.25, 0.3) is 0 Å². The van der Waals surface area contributed by atoms with Gasteiger partial charge in [0.2, 0.25) is 0 Å². The lowest BCUT2D eigenvalue weighted by Crippen LogP contribution is -2.06. The molecule has 17 heavy (non-hydrogen) atoms. The zero-order valence-corrected chi connectivity index (χ0v) is 11.2. The standard InChI is InChI=1S/C12H24O.C2H4O2/c13-12-10-8-6-4-2-1-3-5-7-9-11-12;1-2(3)4/h12-13H,1-11H2;1H3,(H,3,4). The van der Waals surface area contributed by atoms with Crippen molar-refractivity contribution >= 4 is 5.97 Å². The van der Waals surface area contributed by atoms with Crippen molar-refractivity contribution in [3.05, 3.63) is 0 Å². The van der Waals surface area contributed by atoms with Crippen LogP contribution < -0.4 is 0 Å². The molecule has 3 heteroatoms. The molecule has 2 N–H and O–H groups in total. The summed E-state index contributed by atoms with van der Waals surface area (Å²) in [5.74, 6) is -0.833. The SMILES string of the molecule is CC(=O)O.OC1CCCCCCCCCCC1. The van der Waals surface area contributed by atoms with Gasteiger partial charge in [-0.1, -0.05) is 57.8 Å². The first-order valence-electron chi connectivity index (χ1n) is 7.00. The maximum atomic E-state index is 9.59. The van der Waals surface area contributed by atoms with E-state index in [2.05, 4.69) is 0 Å². The highest BCUT2D eigenvalue weighted by Gasteiger charge is 2.04. The fourth-order valence-electron chi connectivity index (χ4n) is 2.14. The minimum absolute atomic E-state index is 0.000531. The van der Waals surface area contributed by atoms with Gasteiger partial charge in [-0.3, -0.25) is 4.79 Å². The monoisotopic (exact) mass is 244 g/mol. The van der Waals surface area contributed by atoms with E-state index in [0.29, 0.717) is 0 Å². The van der Waals surface area contributed by atoms with Crippen molar-refractivity contribution in [2.45, 2.75) is 83.7 Å². The Hall–Kier alpha value is -0.570. The number of hydrogen-bond donors (Lipinski definition) is 2. The summed E-state index contributed by atoms with van der Waals surface area (Å²) in [7, 11) is 0. The van der Waals surface area contributed by atoms with Crippen molar-refractivity contribution in [3.8, 4) is 0 Å². The van der Waals surface area contributed by atoms with Gasteiger partial charge in [0.15, 0.2) is 0 Å². The molecule has 0 heterocycles. The van der Waals surface area contributed by atoms with Gasteiger partial charge in [-0.25, -0.2) is 0 Å². The fourth-order valence-corrected chi connectivity index (χ4v) is 2.14. The maximum Gasteiger partial charge on any atom is 0.300 e. The van der Waals surface area contributed by atoms with E-state index in [4.69, 9.17) is 9.90 Å². The topological polar surface area (TPSA) is 57.5 Å². The van der Waals surface area contributed by atoms with Crippen molar-refractivity contribution in [2.24, 2.45) is 0 Å². The smallest absolute Gasteiger partial charge is 0.300 e. The van der Waals surface area contributed by atoms with Crippen molar-refractivity contribution in [1.29, 1.82) is 0 Å². The van der Waals surface area contributed by atoms with Crippen molar-refractivity contribution in [2.75, 3.05) is 0 Å². The zero-order chi connectivity index (χ0) is 12.9. The van der Waals surface area contributed by atoms with Crippen molar-refractivity contribution < 1.29 is 15.0 Å². The Balaban J connectivity index is 0.000000557. The first-order chi connectivity index (χ1) is 8.13. The van der Waals surface area contributed by atoms with Gasteiger partial charge in [0.1, 0.15) is 0 Å². The number of carbonyl (C=O) groups is 1. The maximum absolute atomic E-state index is 9.59. The lowest BCUT2D eigenvalue weighted by atomic mass is 10.00. The van der Waals surface area contributed by atoms with E-state index in [1.165, 1.54) is 57.8 Å². The molecule has 1 fully saturated rings. The van der Waals surface area contributed by atoms with Crippen LogP contribution in [0, 0.1) is 0 Å². The Labute approximate surface area is 105 Å². The summed E-state index contributed by atoms with van der Waals surface area (Å²) < 4.78 is 0. The molecule has 1 saturated carbocycles. The normalized spacial score (nSPS) is 20.4. The summed E-state index contributed by atoms with van der Waals surface area (Å²) in [6.07, 6.45) is 14.2. The van der Waals surface area contributed by atoms with Crippen LogP contribution in [0.15, 0.2) is 0 Å². The Morgan fingerprint density at radius 3 is 1.35 bits per heavy atom. The lowest BCUT2D eigenvalue weighted by molar-refractivity contribution is -0.134. The first-order valence-corrected chi connectivity index (χ1v) is 7.00. The second-order valence-electron chi connectivity index (χ2n) is 4.93. The van der Waals surface area contributed by atoms with Crippen LogP contribution >= 0.6 is 0 Å². The molecule has 0 saturated heterocycles. The third-order valence-corrected chi connectivity index (χ3v) is 3.07. The Bertz CT molecular complexity index is 164.